The van der Waals surface area contributed by atoms with Gasteiger partial charge >= 0.3 is 0 Å². The van der Waals surface area contributed by atoms with Gasteiger partial charge in [0.25, 0.3) is 0 Å². The molecule has 5 heteroatoms. The molecular weight excluding hydrogens is 282 g/mol. The summed E-state index contributed by atoms with van der Waals surface area (Å²) in [6.45, 7) is 1.28. The van der Waals surface area contributed by atoms with Crippen LogP contribution in [-0.4, -0.2) is 16.4 Å². The number of halogens is 1. The van der Waals surface area contributed by atoms with Gasteiger partial charge in [-0.25, -0.2) is 4.68 Å². The molecule has 1 aliphatic rings. The molecule has 0 bridgehead atoms. The van der Waals surface area contributed by atoms with Crippen molar-refractivity contribution < 1.29 is 4.74 Å². The van der Waals surface area contributed by atoms with E-state index in [0.29, 0.717) is 6.61 Å². The first-order valence-corrected chi connectivity index (χ1v) is 6.25. The first-order chi connectivity index (χ1) is 8.25. The molecule has 0 saturated heterocycles. The van der Waals surface area contributed by atoms with Gasteiger partial charge in [0, 0.05) is 16.5 Å². The average molecular weight is 294 g/mol. The molecule has 0 amide bonds. The normalized spacial score (nSPS) is 14.6. The zero-order valence-electron chi connectivity index (χ0n) is 9.19. The number of fused-ring (bicyclic) bond motifs is 1. The Morgan fingerprint density at radius 2 is 2.29 bits per heavy atom. The zero-order valence-corrected chi connectivity index (χ0v) is 10.8. The Morgan fingerprint density at radius 1 is 1.41 bits per heavy atom. The van der Waals surface area contributed by atoms with E-state index >= 15 is 0 Å². The standard InChI is InChI=1S/C12H12BrN3O/c13-8-2-1-3-9(6-8)16-12(14)10-4-5-17-7-11(10)15-16/h1-3,6H,4-5,7,14H2. The van der Waals surface area contributed by atoms with Gasteiger partial charge < -0.3 is 10.5 Å². The van der Waals surface area contributed by atoms with Crippen molar-refractivity contribution in [2.75, 3.05) is 12.3 Å². The Hall–Kier alpha value is -1.33. The first-order valence-electron chi connectivity index (χ1n) is 5.45. The molecule has 2 aromatic rings. The molecule has 2 N–H and O–H groups in total. The predicted octanol–water partition coefficient (Wildman–Crippen LogP) is 2.29. The topological polar surface area (TPSA) is 53.1 Å². The number of anilines is 1. The second-order valence-corrected chi connectivity index (χ2v) is 4.92. The molecule has 0 atom stereocenters. The minimum Gasteiger partial charge on any atom is -0.383 e. The molecule has 1 aromatic carbocycles. The Balaban J connectivity index is 2.12. The molecule has 3 rings (SSSR count). The van der Waals surface area contributed by atoms with Gasteiger partial charge in [-0.3, -0.25) is 0 Å². The largest absolute Gasteiger partial charge is 0.383 e. The van der Waals surface area contributed by atoms with Crippen molar-refractivity contribution in [3.8, 4) is 5.69 Å². The maximum Gasteiger partial charge on any atom is 0.130 e. The molecule has 0 saturated carbocycles. The van der Waals surface area contributed by atoms with Gasteiger partial charge in [-0.1, -0.05) is 22.0 Å². The number of nitrogens with two attached hydrogens (primary N) is 1. The summed E-state index contributed by atoms with van der Waals surface area (Å²) in [6.07, 6.45) is 0.842. The molecule has 0 spiro atoms. The highest BCUT2D eigenvalue weighted by Crippen LogP contribution is 2.26. The fourth-order valence-corrected chi connectivity index (χ4v) is 2.43. The van der Waals surface area contributed by atoms with Gasteiger partial charge in [0.2, 0.25) is 0 Å². The Kier molecular flexibility index (Phi) is 2.64. The van der Waals surface area contributed by atoms with Crippen LogP contribution in [0.3, 0.4) is 0 Å². The fraction of sp³-hybridized carbons (Fsp3) is 0.250. The maximum atomic E-state index is 6.14. The third-order valence-electron chi connectivity index (χ3n) is 2.89. The molecular formula is C12H12BrN3O. The van der Waals surface area contributed by atoms with E-state index in [9.17, 15) is 0 Å². The number of ether oxygens (including phenoxy) is 1. The monoisotopic (exact) mass is 293 g/mol. The van der Waals surface area contributed by atoms with Crippen molar-refractivity contribution in [3.05, 3.63) is 40.0 Å². The maximum absolute atomic E-state index is 6.14. The number of rotatable bonds is 1. The van der Waals surface area contributed by atoms with Crippen molar-refractivity contribution in [1.29, 1.82) is 0 Å². The Morgan fingerprint density at radius 3 is 3.06 bits per heavy atom. The van der Waals surface area contributed by atoms with Gasteiger partial charge in [0.15, 0.2) is 0 Å². The van der Waals surface area contributed by atoms with Crippen LogP contribution in [0.25, 0.3) is 5.69 Å². The highest BCUT2D eigenvalue weighted by atomic mass is 79.9. The van der Waals surface area contributed by atoms with Crippen LogP contribution in [0.4, 0.5) is 5.82 Å². The van der Waals surface area contributed by atoms with Crippen LogP contribution in [0.1, 0.15) is 11.3 Å². The van der Waals surface area contributed by atoms with Crippen LogP contribution in [0.15, 0.2) is 28.7 Å². The highest BCUT2D eigenvalue weighted by Gasteiger charge is 2.19. The molecule has 1 aliphatic heterocycles. The van der Waals surface area contributed by atoms with Gasteiger partial charge in [-0.15, -0.1) is 0 Å². The van der Waals surface area contributed by atoms with Crippen LogP contribution >= 0.6 is 15.9 Å². The lowest BCUT2D eigenvalue weighted by Crippen LogP contribution is -2.09. The summed E-state index contributed by atoms with van der Waals surface area (Å²) in [4.78, 5) is 0. The van der Waals surface area contributed by atoms with Crippen molar-refractivity contribution in [3.63, 3.8) is 0 Å². The van der Waals surface area contributed by atoms with Crippen LogP contribution in [0.5, 0.6) is 0 Å². The SMILES string of the molecule is Nc1c2c(nn1-c1cccc(Br)c1)COCC2. The molecule has 1 aromatic heterocycles. The van der Waals surface area contributed by atoms with Gasteiger partial charge in [-0.05, 0) is 18.2 Å². The summed E-state index contributed by atoms with van der Waals surface area (Å²) >= 11 is 3.45. The van der Waals surface area contributed by atoms with Crippen molar-refractivity contribution in [2.24, 2.45) is 0 Å². The average Bonchev–Trinajstić information content (AvgIpc) is 2.68. The summed E-state index contributed by atoms with van der Waals surface area (Å²) < 4.78 is 8.18. The number of aromatic nitrogens is 2. The van der Waals surface area contributed by atoms with Gasteiger partial charge in [0.05, 0.1) is 24.6 Å². The summed E-state index contributed by atoms with van der Waals surface area (Å²) in [5.74, 6) is 0.724. The van der Waals surface area contributed by atoms with Crippen LogP contribution in [-0.2, 0) is 17.8 Å². The zero-order chi connectivity index (χ0) is 11.8. The van der Waals surface area contributed by atoms with Crippen LogP contribution < -0.4 is 5.73 Å². The van der Waals surface area contributed by atoms with Crippen molar-refractivity contribution in [2.45, 2.75) is 13.0 Å². The van der Waals surface area contributed by atoms with Crippen molar-refractivity contribution >= 4 is 21.7 Å². The van der Waals surface area contributed by atoms with E-state index in [4.69, 9.17) is 10.5 Å². The van der Waals surface area contributed by atoms with E-state index < -0.39 is 0 Å². The van der Waals surface area contributed by atoms with Gasteiger partial charge in [-0.2, -0.15) is 5.10 Å². The van der Waals surface area contributed by atoms with E-state index in [0.717, 1.165) is 40.3 Å². The second-order valence-electron chi connectivity index (χ2n) is 4.00. The van der Waals surface area contributed by atoms with E-state index in [2.05, 4.69) is 21.0 Å². The minimum absolute atomic E-state index is 0.556. The smallest absolute Gasteiger partial charge is 0.130 e. The molecule has 0 aliphatic carbocycles. The number of benzene rings is 1. The quantitative estimate of drug-likeness (QED) is 0.878. The predicted molar refractivity (Wildman–Crippen MR) is 69.0 cm³/mol. The summed E-state index contributed by atoms with van der Waals surface area (Å²) in [5.41, 5.74) is 9.17. The third kappa shape index (κ3) is 1.85. The lowest BCUT2D eigenvalue weighted by molar-refractivity contribution is 0.108. The lowest BCUT2D eigenvalue weighted by Gasteiger charge is -2.10. The number of nitrogen functional groups attached to an aromatic ring is 1. The summed E-state index contributed by atoms with van der Waals surface area (Å²) in [6, 6.07) is 7.93. The Labute approximate surface area is 108 Å². The van der Waals surface area contributed by atoms with E-state index in [-0.39, 0.29) is 0 Å². The number of hydrogen-bond acceptors (Lipinski definition) is 3. The highest BCUT2D eigenvalue weighted by molar-refractivity contribution is 9.10. The fourth-order valence-electron chi connectivity index (χ4n) is 2.05. The molecule has 17 heavy (non-hydrogen) atoms. The van der Waals surface area contributed by atoms with Gasteiger partial charge in [0.1, 0.15) is 5.82 Å². The lowest BCUT2D eigenvalue weighted by atomic mass is 10.1. The minimum atomic E-state index is 0.556. The second kappa shape index (κ2) is 4.16. The molecule has 88 valence electrons. The Bertz CT molecular complexity index is 565. The van der Waals surface area contributed by atoms with E-state index in [1.807, 2.05) is 24.3 Å². The van der Waals surface area contributed by atoms with Crippen LogP contribution in [0, 0.1) is 0 Å². The van der Waals surface area contributed by atoms with Crippen LogP contribution in [0.2, 0.25) is 0 Å². The number of hydrogen-bond donors (Lipinski definition) is 1. The molecule has 0 fully saturated rings. The van der Waals surface area contributed by atoms with E-state index in [1.54, 1.807) is 4.68 Å². The summed E-state index contributed by atoms with van der Waals surface area (Å²) in [5, 5.41) is 4.51. The number of nitrogens with zero attached hydrogens (tertiary/aromatic N) is 2. The molecule has 2 heterocycles. The third-order valence-corrected chi connectivity index (χ3v) is 3.39. The molecule has 0 radical (unpaired) electrons. The van der Waals surface area contributed by atoms with Crippen molar-refractivity contribution in [1.82, 2.24) is 9.78 Å². The molecule has 0 unspecified atom stereocenters. The van der Waals surface area contributed by atoms with E-state index in [1.165, 1.54) is 0 Å². The summed E-state index contributed by atoms with van der Waals surface area (Å²) in [7, 11) is 0. The first kappa shape index (κ1) is 10.8. The molecule has 4 nitrogen and oxygen atoms in total.